The third-order valence-corrected chi connectivity index (χ3v) is 8.13. The van der Waals surface area contributed by atoms with E-state index in [-0.39, 0.29) is 11.5 Å². The standard InChI is InChI=1S/C31H35N3O7S/c1-7-28(29(35)32-21-10-8-9-11-23(21)37-2)42-31-33-22-18-27(41-6)26(40-5)17-20(22)30(36)34(31)15-14-19-12-13-24(38-3)25(16-19)39-4/h8-13,16-18,28H,7,14-15H2,1-6H3,(H,32,35)/t28-/m0/s1. The van der Waals surface area contributed by atoms with Crippen molar-refractivity contribution < 1.29 is 28.5 Å². The van der Waals surface area contributed by atoms with Gasteiger partial charge in [0.1, 0.15) is 5.75 Å². The zero-order valence-electron chi connectivity index (χ0n) is 24.6. The molecule has 0 aliphatic carbocycles. The van der Waals surface area contributed by atoms with Gasteiger partial charge in [-0.1, -0.05) is 36.9 Å². The van der Waals surface area contributed by atoms with Gasteiger partial charge in [-0.25, -0.2) is 4.98 Å². The maximum atomic E-state index is 13.9. The van der Waals surface area contributed by atoms with Crippen LogP contribution in [0.5, 0.6) is 28.7 Å². The summed E-state index contributed by atoms with van der Waals surface area (Å²) >= 11 is 1.24. The van der Waals surface area contributed by atoms with Crippen LogP contribution in [0.25, 0.3) is 10.9 Å². The van der Waals surface area contributed by atoms with Crippen molar-refractivity contribution >= 4 is 34.3 Å². The van der Waals surface area contributed by atoms with Crippen molar-refractivity contribution in [3.8, 4) is 28.7 Å². The van der Waals surface area contributed by atoms with Crippen molar-refractivity contribution in [1.82, 2.24) is 9.55 Å². The quantitative estimate of drug-likeness (QED) is 0.165. The Morgan fingerprint density at radius 3 is 2.17 bits per heavy atom. The first-order valence-electron chi connectivity index (χ1n) is 13.3. The lowest BCUT2D eigenvalue weighted by Crippen LogP contribution is -2.29. The molecule has 0 spiro atoms. The number of aryl methyl sites for hydroxylation is 1. The molecule has 0 bridgehead atoms. The Balaban J connectivity index is 1.73. The molecule has 3 aromatic carbocycles. The van der Waals surface area contributed by atoms with Gasteiger partial charge < -0.3 is 29.0 Å². The number of nitrogens with zero attached hydrogens (tertiary/aromatic N) is 2. The molecule has 42 heavy (non-hydrogen) atoms. The first kappa shape index (κ1) is 30.6. The summed E-state index contributed by atoms with van der Waals surface area (Å²) < 4.78 is 28.7. The van der Waals surface area contributed by atoms with Crippen molar-refractivity contribution in [2.75, 3.05) is 40.9 Å². The molecule has 4 rings (SSSR count). The number of hydrogen-bond donors (Lipinski definition) is 1. The molecule has 1 N–H and O–H groups in total. The molecule has 10 nitrogen and oxygen atoms in total. The van der Waals surface area contributed by atoms with E-state index in [0.717, 1.165) is 5.56 Å². The van der Waals surface area contributed by atoms with Crippen LogP contribution in [0.3, 0.4) is 0 Å². The number of thioether (sulfide) groups is 1. The highest BCUT2D eigenvalue weighted by Gasteiger charge is 2.24. The molecule has 4 aromatic rings. The van der Waals surface area contributed by atoms with E-state index in [2.05, 4.69) is 5.32 Å². The third kappa shape index (κ3) is 6.57. The van der Waals surface area contributed by atoms with E-state index in [9.17, 15) is 9.59 Å². The minimum atomic E-state index is -0.535. The Morgan fingerprint density at radius 1 is 0.857 bits per heavy atom. The highest BCUT2D eigenvalue weighted by Crippen LogP contribution is 2.33. The number of ether oxygens (including phenoxy) is 5. The number of anilines is 1. The molecule has 1 amide bonds. The molecular formula is C31H35N3O7S. The second-order valence-corrected chi connectivity index (χ2v) is 10.4. The Morgan fingerprint density at radius 2 is 1.50 bits per heavy atom. The van der Waals surface area contributed by atoms with Crippen molar-refractivity contribution in [2.24, 2.45) is 0 Å². The molecular weight excluding hydrogens is 558 g/mol. The lowest BCUT2D eigenvalue weighted by atomic mass is 10.1. The van der Waals surface area contributed by atoms with Gasteiger partial charge in [0.15, 0.2) is 28.2 Å². The molecule has 0 aliphatic rings. The first-order chi connectivity index (χ1) is 20.4. The minimum absolute atomic E-state index is 0.222. The maximum absolute atomic E-state index is 13.9. The number of benzene rings is 3. The second-order valence-electron chi connectivity index (χ2n) is 9.22. The zero-order chi connectivity index (χ0) is 30.2. The summed E-state index contributed by atoms with van der Waals surface area (Å²) in [4.78, 5) is 32.2. The monoisotopic (exact) mass is 593 g/mol. The van der Waals surface area contributed by atoms with Gasteiger partial charge >= 0.3 is 0 Å². The molecule has 222 valence electrons. The minimum Gasteiger partial charge on any atom is -0.495 e. The highest BCUT2D eigenvalue weighted by atomic mass is 32.2. The van der Waals surface area contributed by atoms with Crippen LogP contribution in [0, 0.1) is 0 Å². The van der Waals surface area contributed by atoms with Crippen LogP contribution >= 0.6 is 11.8 Å². The van der Waals surface area contributed by atoms with Gasteiger partial charge in [0.05, 0.1) is 57.4 Å². The SMILES string of the molecule is CC[C@H](Sc1nc2cc(OC)c(OC)cc2c(=O)n1CCc1ccc(OC)c(OC)c1)C(=O)Nc1ccccc1OC. The lowest BCUT2D eigenvalue weighted by molar-refractivity contribution is -0.115. The first-order valence-corrected chi connectivity index (χ1v) is 14.2. The van der Waals surface area contributed by atoms with E-state index < -0.39 is 5.25 Å². The molecule has 1 heterocycles. The van der Waals surface area contributed by atoms with Crippen LogP contribution in [0.4, 0.5) is 5.69 Å². The predicted molar refractivity (Wildman–Crippen MR) is 164 cm³/mol. The van der Waals surface area contributed by atoms with E-state index in [1.54, 1.807) is 50.2 Å². The van der Waals surface area contributed by atoms with E-state index in [1.165, 1.54) is 26.0 Å². The van der Waals surface area contributed by atoms with Gasteiger partial charge in [0.2, 0.25) is 5.91 Å². The number of methoxy groups -OCH3 is 5. The Labute approximate surface area is 248 Å². The number of rotatable bonds is 13. The molecule has 0 fully saturated rings. The summed E-state index contributed by atoms with van der Waals surface area (Å²) in [6.07, 6.45) is 1.01. The molecule has 0 aliphatic heterocycles. The van der Waals surface area contributed by atoms with Crippen LogP contribution in [-0.4, -0.2) is 56.3 Å². The highest BCUT2D eigenvalue weighted by molar-refractivity contribution is 8.00. The van der Waals surface area contributed by atoms with Crippen molar-refractivity contribution in [2.45, 2.75) is 36.7 Å². The molecule has 0 unspecified atom stereocenters. The Hall–Kier alpha value is -4.38. The van der Waals surface area contributed by atoms with Gasteiger partial charge in [-0.3, -0.25) is 14.2 Å². The predicted octanol–water partition coefficient (Wildman–Crippen LogP) is 5.19. The molecule has 1 atom stereocenters. The van der Waals surface area contributed by atoms with Gasteiger partial charge in [-0.2, -0.15) is 0 Å². The van der Waals surface area contributed by atoms with Gasteiger partial charge in [-0.05, 0) is 48.7 Å². The topological polar surface area (TPSA) is 110 Å². The molecule has 11 heteroatoms. The smallest absolute Gasteiger partial charge is 0.262 e. The molecule has 1 aromatic heterocycles. The van der Waals surface area contributed by atoms with E-state index in [0.29, 0.717) is 69.9 Å². The normalized spacial score (nSPS) is 11.6. The summed E-state index contributed by atoms with van der Waals surface area (Å²) in [6.45, 7) is 2.24. The lowest BCUT2D eigenvalue weighted by Gasteiger charge is -2.19. The van der Waals surface area contributed by atoms with E-state index in [4.69, 9.17) is 28.7 Å². The van der Waals surface area contributed by atoms with E-state index >= 15 is 0 Å². The van der Waals surface area contributed by atoms with Gasteiger partial charge in [0.25, 0.3) is 5.56 Å². The van der Waals surface area contributed by atoms with E-state index in [1.807, 2.05) is 37.3 Å². The Kier molecular flexibility index (Phi) is 10.2. The second kappa shape index (κ2) is 14.0. The number of carbonyl (C=O) groups is 1. The molecule has 0 saturated heterocycles. The van der Waals surface area contributed by atoms with Crippen LogP contribution < -0.4 is 34.6 Å². The zero-order valence-corrected chi connectivity index (χ0v) is 25.4. The van der Waals surface area contributed by atoms with Crippen molar-refractivity contribution in [1.29, 1.82) is 0 Å². The summed E-state index contributed by atoms with van der Waals surface area (Å²) in [5.41, 5.74) is 1.72. The number of amides is 1. The number of nitrogens with one attached hydrogen (secondary N) is 1. The molecule has 0 saturated carbocycles. The third-order valence-electron chi connectivity index (χ3n) is 6.77. The Bertz CT molecular complexity index is 1620. The van der Waals surface area contributed by atoms with Crippen molar-refractivity contribution in [3.05, 3.63) is 70.5 Å². The summed E-state index contributed by atoms with van der Waals surface area (Å²) in [6, 6.07) is 16.2. The van der Waals surface area contributed by atoms with Crippen LogP contribution in [0.15, 0.2) is 64.5 Å². The van der Waals surface area contributed by atoms with Crippen LogP contribution in [0.1, 0.15) is 18.9 Å². The fourth-order valence-corrected chi connectivity index (χ4v) is 5.54. The summed E-state index contributed by atoms with van der Waals surface area (Å²) in [5.74, 6) is 2.44. The summed E-state index contributed by atoms with van der Waals surface area (Å²) in [7, 11) is 7.76. The van der Waals surface area contributed by atoms with Crippen LogP contribution in [-0.2, 0) is 17.8 Å². The average Bonchev–Trinajstić information content (AvgIpc) is 3.02. The number of hydrogen-bond acceptors (Lipinski definition) is 9. The summed E-state index contributed by atoms with van der Waals surface area (Å²) in [5, 5.41) is 3.22. The number of para-hydroxylation sites is 2. The van der Waals surface area contributed by atoms with Gasteiger partial charge in [-0.15, -0.1) is 0 Å². The largest absolute Gasteiger partial charge is 0.495 e. The van der Waals surface area contributed by atoms with Crippen LogP contribution in [0.2, 0.25) is 0 Å². The number of carbonyl (C=O) groups excluding carboxylic acids is 1. The van der Waals surface area contributed by atoms with Gasteiger partial charge in [0, 0.05) is 12.6 Å². The molecule has 0 radical (unpaired) electrons. The fraction of sp³-hybridized carbons (Fsp3) is 0.323. The average molecular weight is 594 g/mol. The number of fused-ring (bicyclic) bond motifs is 1. The van der Waals surface area contributed by atoms with Crippen molar-refractivity contribution in [3.63, 3.8) is 0 Å². The number of aromatic nitrogens is 2. The fourth-order valence-electron chi connectivity index (χ4n) is 4.50. The maximum Gasteiger partial charge on any atom is 0.262 e.